The van der Waals surface area contributed by atoms with Gasteiger partial charge in [-0.25, -0.2) is 5.48 Å². The van der Waals surface area contributed by atoms with Gasteiger partial charge in [-0.3, -0.25) is 14.8 Å². The lowest BCUT2D eigenvalue weighted by Gasteiger charge is -2.18. The number of alkyl halides is 3. The van der Waals surface area contributed by atoms with Gasteiger partial charge in [0.05, 0.1) is 5.56 Å². The average Bonchev–Trinajstić information content (AvgIpc) is 2.43. The number of primary amides is 1. The van der Waals surface area contributed by atoms with Gasteiger partial charge in [0.1, 0.15) is 11.4 Å². The van der Waals surface area contributed by atoms with Crippen LogP contribution >= 0.6 is 11.8 Å². The molecule has 2 amide bonds. The molecule has 0 heterocycles. The zero-order chi connectivity index (χ0) is 16.9. The molecule has 1 aromatic rings. The Labute approximate surface area is 127 Å². The number of carbonyl (C=O) groups excluding carboxylic acids is 2. The molecule has 0 saturated carbocycles. The maximum absolute atomic E-state index is 12.8. The van der Waals surface area contributed by atoms with Gasteiger partial charge in [-0.15, -0.1) is 0 Å². The van der Waals surface area contributed by atoms with Crippen LogP contribution in [0.2, 0.25) is 0 Å². The summed E-state index contributed by atoms with van der Waals surface area (Å²) in [7, 11) is 0. The Morgan fingerprint density at radius 2 is 1.91 bits per heavy atom. The number of benzene rings is 1. The minimum atomic E-state index is -4.60. The van der Waals surface area contributed by atoms with E-state index in [0.29, 0.717) is 11.8 Å². The summed E-state index contributed by atoms with van der Waals surface area (Å²) in [6.07, 6.45) is -5.15. The number of amides is 2. The van der Waals surface area contributed by atoms with Crippen LogP contribution in [0.4, 0.5) is 13.2 Å². The summed E-state index contributed by atoms with van der Waals surface area (Å²) in [5.41, 5.74) is 3.71. The van der Waals surface area contributed by atoms with E-state index in [2.05, 4.69) is 0 Å². The van der Waals surface area contributed by atoms with Crippen LogP contribution in [0.5, 0.6) is 0 Å². The van der Waals surface area contributed by atoms with Crippen molar-refractivity contribution in [2.45, 2.75) is 22.9 Å². The number of halogens is 3. The zero-order valence-corrected chi connectivity index (χ0v) is 11.8. The van der Waals surface area contributed by atoms with Crippen LogP contribution < -0.4 is 11.2 Å². The molecule has 0 radical (unpaired) electrons. The first-order chi connectivity index (χ1) is 10.2. The van der Waals surface area contributed by atoms with E-state index in [1.54, 1.807) is 0 Å². The molecule has 0 spiro atoms. The van der Waals surface area contributed by atoms with E-state index in [4.69, 9.17) is 10.9 Å². The van der Waals surface area contributed by atoms with Gasteiger partial charge >= 0.3 is 6.18 Å². The molecular weight excluding hydrogens is 325 g/mol. The summed E-state index contributed by atoms with van der Waals surface area (Å²) in [4.78, 5) is 22.0. The van der Waals surface area contributed by atoms with Gasteiger partial charge in [-0.05, 0) is 12.1 Å². The standard InChI is InChI=1S/C12H13F3N2O4S/c13-12(14,15)7-3-1-2-4-8(7)22-9(18)5-6(10(16)19)11(20)17-21/h1-4,6,9,18,21H,5H2,(H2,16,19)(H,17,20). The van der Waals surface area contributed by atoms with Crippen LogP contribution in [0.15, 0.2) is 29.2 Å². The van der Waals surface area contributed by atoms with Crippen molar-refractivity contribution in [3.8, 4) is 0 Å². The molecule has 10 heteroatoms. The minimum Gasteiger partial charge on any atom is -0.382 e. The average molecular weight is 338 g/mol. The second-order valence-electron chi connectivity index (χ2n) is 4.23. The molecule has 1 rings (SSSR count). The van der Waals surface area contributed by atoms with E-state index in [1.165, 1.54) is 17.6 Å². The Kier molecular flexibility index (Phi) is 6.21. The highest BCUT2D eigenvalue weighted by atomic mass is 32.2. The van der Waals surface area contributed by atoms with E-state index in [1.807, 2.05) is 0 Å². The van der Waals surface area contributed by atoms with Crippen LogP contribution in [0, 0.1) is 5.92 Å². The molecule has 22 heavy (non-hydrogen) atoms. The lowest BCUT2D eigenvalue weighted by molar-refractivity contribution is -0.141. The molecule has 2 atom stereocenters. The van der Waals surface area contributed by atoms with Crippen molar-refractivity contribution in [3.63, 3.8) is 0 Å². The van der Waals surface area contributed by atoms with Crippen LogP contribution in [-0.4, -0.2) is 27.6 Å². The van der Waals surface area contributed by atoms with Gasteiger partial charge in [-0.1, -0.05) is 23.9 Å². The van der Waals surface area contributed by atoms with Gasteiger partial charge in [0.25, 0.3) is 5.91 Å². The van der Waals surface area contributed by atoms with Crippen LogP contribution in [0.3, 0.4) is 0 Å². The van der Waals surface area contributed by atoms with Crippen molar-refractivity contribution in [3.05, 3.63) is 29.8 Å². The van der Waals surface area contributed by atoms with E-state index < -0.39 is 41.3 Å². The molecule has 0 aliphatic heterocycles. The van der Waals surface area contributed by atoms with E-state index in [-0.39, 0.29) is 4.90 Å². The zero-order valence-electron chi connectivity index (χ0n) is 11.0. The van der Waals surface area contributed by atoms with Crippen LogP contribution in [-0.2, 0) is 15.8 Å². The Bertz CT molecular complexity index is 553. The molecule has 0 aromatic heterocycles. The molecule has 6 nitrogen and oxygen atoms in total. The summed E-state index contributed by atoms with van der Waals surface area (Å²) in [5.74, 6) is -3.82. The molecule has 1 aromatic carbocycles. The smallest absolute Gasteiger partial charge is 0.382 e. The molecule has 2 unspecified atom stereocenters. The number of carbonyl (C=O) groups is 2. The minimum absolute atomic E-state index is 0.255. The van der Waals surface area contributed by atoms with E-state index in [9.17, 15) is 27.9 Å². The third-order valence-corrected chi connectivity index (χ3v) is 3.74. The summed E-state index contributed by atoms with van der Waals surface area (Å²) in [5, 5.41) is 18.2. The molecule has 0 bridgehead atoms. The van der Waals surface area contributed by atoms with E-state index >= 15 is 0 Å². The topological polar surface area (TPSA) is 113 Å². The first kappa shape index (κ1) is 18.3. The third-order valence-electron chi connectivity index (χ3n) is 2.66. The molecule has 5 N–H and O–H groups in total. The van der Waals surface area contributed by atoms with Crippen molar-refractivity contribution in [1.29, 1.82) is 0 Å². The maximum atomic E-state index is 12.8. The molecule has 0 saturated heterocycles. The number of hydroxylamine groups is 1. The van der Waals surface area contributed by atoms with Gasteiger partial charge in [-0.2, -0.15) is 13.2 Å². The summed E-state index contributed by atoms with van der Waals surface area (Å²) in [6, 6.07) is 4.56. The summed E-state index contributed by atoms with van der Waals surface area (Å²) < 4.78 is 38.4. The number of aliphatic hydroxyl groups is 1. The third kappa shape index (κ3) is 4.90. The first-order valence-electron chi connectivity index (χ1n) is 5.91. The number of hydrogen-bond acceptors (Lipinski definition) is 5. The van der Waals surface area contributed by atoms with Crippen LogP contribution in [0.25, 0.3) is 0 Å². The fraction of sp³-hybridized carbons (Fsp3) is 0.333. The number of hydrogen-bond donors (Lipinski definition) is 4. The largest absolute Gasteiger partial charge is 0.417 e. The second kappa shape index (κ2) is 7.47. The lowest BCUT2D eigenvalue weighted by atomic mass is 10.1. The van der Waals surface area contributed by atoms with Gasteiger partial charge < -0.3 is 10.8 Å². The Hall–Kier alpha value is -1.78. The lowest BCUT2D eigenvalue weighted by Crippen LogP contribution is -2.39. The Balaban J connectivity index is 2.87. The first-order valence-corrected chi connectivity index (χ1v) is 6.79. The molecular formula is C12H13F3N2O4S. The maximum Gasteiger partial charge on any atom is 0.417 e. The van der Waals surface area contributed by atoms with Gasteiger partial charge in [0.2, 0.25) is 5.91 Å². The highest BCUT2D eigenvalue weighted by Crippen LogP contribution is 2.38. The number of thioether (sulfide) groups is 1. The molecule has 0 aliphatic carbocycles. The Morgan fingerprint density at radius 1 is 1.32 bits per heavy atom. The van der Waals surface area contributed by atoms with Crippen molar-refractivity contribution in [2.75, 3.05) is 0 Å². The highest BCUT2D eigenvalue weighted by molar-refractivity contribution is 7.99. The number of nitrogens with two attached hydrogens (primary N) is 1. The quantitative estimate of drug-likeness (QED) is 0.204. The number of aliphatic hydroxyl groups excluding tert-OH is 1. The number of rotatable bonds is 6. The molecule has 122 valence electrons. The van der Waals surface area contributed by atoms with Gasteiger partial charge in [0.15, 0.2) is 0 Å². The second-order valence-corrected chi connectivity index (χ2v) is 5.45. The predicted molar refractivity (Wildman–Crippen MR) is 70.5 cm³/mol. The Morgan fingerprint density at radius 3 is 2.41 bits per heavy atom. The highest BCUT2D eigenvalue weighted by Gasteiger charge is 2.34. The van der Waals surface area contributed by atoms with Crippen LogP contribution in [0.1, 0.15) is 12.0 Å². The predicted octanol–water partition coefficient (Wildman–Crippen LogP) is 1.11. The van der Waals surface area contributed by atoms with Crippen molar-refractivity contribution >= 4 is 23.6 Å². The fourth-order valence-corrected chi connectivity index (χ4v) is 2.68. The number of nitrogens with one attached hydrogen (secondary N) is 1. The summed E-state index contributed by atoms with van der Waals surface area (Å²) >= 11 is 0.437. The molecule has 0 aliphatic rings. The molecule has 0 fully saturated rings. The van der Waals surface area contributed by atoms with Crippen molar-refractivity contribution in [1.82, 2.24) is 5.48 Å². The fourth-order valence-electron chi connectivity index (χ4n) is 1.63. The van der Waals surface area contributed by atoms with Gasteiger partial charge in [0, 0.05) is 11.3 Å². The normalized spacial score (nSPS) is 14.2. The SMILES string of the molecule is NC(=O)C(CC(O)Sc1ccccc1C(F)(F)F)C(=O)NO. The summed E-state index contributed by atoms with van der Waals surface area (Å²) in [6.45, 7) is 0. The van der Waals surface area contributed by atoms with Crippen molar-refractivity contribution in [2.24, 2.45) is 11.7 Å². The van der Waals surface area contributed by atoms with E-state index in [0.717, 1.165) is 12.1 Å². The monoisotopic (exact) mass is 338 g/mol. The van der Waals surface area contributed by atoms with Crippen molar-refractivity contribution < 1.29 is 33.1 Å².